The lowest BCUT2D eigenvalue weighted by Crippen LogP contribution is -2.50. The summed E-state index contributed by atoms with van der Waals surface area (Å²) < 4.78 is 0. The van der Waals surface area contributed by atoms with E-state index < -0.39 is 6.04 Å². The van der Waals surface area contributed by atoms with Gasteiger partial charge in [-0.15, -0.1) is 0 Å². The summed E-state index contributed by atoms with van der Waals surface area (Å²) in [5, 5.41) is 3.02. The molecule has 1 unspecified atom stereocenters. The average Bonchev–Trinajstić information content (AvgIpc) is 2.81. The molecule has 2 aromatic rings. The molecule has 2 amide bonds. The van der Waals surface area contributed by atoms with Gasteiger partial charge in [0.25, 0.3) is 0 Å². The van der Waals surface area contributed by atoms with Crippen LogP contribution in [-0.4, -0.2) is 35.8 Å². The summed E-state index contributed by atoms with van der Waals surface area (Å²) in [4.78, 5) is 27.9. The zero-order chi connectivity index (χ0) is 22.5. The molecule has 168 valence electrons. The first-order chi connectivity index (χ1) is 15.1. The number of rotatable bonds is 13. The van der Waals surface area contributed by atoms with Crippen molar-refractivity contribution in [3.05, 3.63) is 71.3 Å². The number of nitrogens with one attached hydrogen (secondary N) is 1. The van der Waals surface area contributed by atoms with Gasteiger partial charge >= 0.3 is 0 Å². The molecule has 1 atom stereocenters. The second-order valence-electron chi connectivity index (χ2n) is 8.06. The number of unbranched alkanes of at least 4 members (excludes halogenated alkanes) is 1. The molecule has 0 saturated carbocycles. The lowest BCUT2D eigenvalue weighted by atomic mass is 10.0. The van der Waals surface area contributed by atoms with Crippen LogP contribution in [0, 0.1) is 0 Å². The van der Waals surface area contributed by atoms with Crippen LogP contribution in [0.4, 0.5) is 0 Å². The van der Waals surface area contributed by atoms with E-state index in [2.05, 4.69) is 55.6 Å². The van der Waals surface area contributed by atoms with Crippen molar-refractivity contribution < 1.29 is 9.59 Å². The minimum atomic E-state index is -0.421. The predicted octanol–water partition coefficient (Wildman–Crippen LogP) is 4.95. The summed E-state index contributed by atoms with van der Waals surface area (Å²) in [6, 6.07) is 18.2. The van der Waals surface area contributed by atoms with Crippen molar-refractivity contribution >= 4 is 11.8 Å². The van der Waals surface area contributed by atoms with E-state index in [4.69, 9.17) is 0 Å². The smallest absolute Gasteiger partial charge is 0.242 e. The Kier molecular flexibility index (Phi) is 10.8. The summed E-state index contributed by atoms with van der Waals surface area (Å²) in [5.74, 6) is 0.0117. The molecule has 0 fully saturated rings. The van der Waals surface area contributed by atoms with E-state index in [-0.39, 0.29) is 11.8 Å². The van der Waals surface area contributed by atoms with E-state index in [0.717, 1.165) is 31.2 Å². The lowest BCUT2D eigenvalue weighted by molar-refractivity contribution is -0.140. The number of hydrogen-bond donors (Lipinski definition) is 1. The summed E-state index contributed by atoms with van der Waals surface area (Å²) in [5.41, 5.74) is 3.64. The van der Waals surface area contributed by atoms with E-state index in [1.54, 1.807) is 4.90 Å². The quantitative estimate of drug-likeness (QED) is 0.465. The Balaban J connectivity index is 2.07. The first kappa shape index (κ1) is 24.6. The Hall–Kier alpha value is -2.62. The van der Waals surface area contributed by atoms with Crippen molar-refractivity contribution in [2.75, 3.05) is 13.1 Å². The molecule has 0 saturated heterocycles. The summed E-state index contributed by atoms with van der Waals surface area (Å²) in [6.07, 6.45) is 5.47. The largest absolute Gasteiger partial charge is 0.354 e. The Bertz CT molecular complexity index is 787. The first-order valence-electron chi connectivity index (χ1n) is 11.8. The van der Waals surface area contributed by atoms with Crippen LogP contribution in [0.1, 0.15) is 63.1 Å². The molecular weight excluding hydrogens is 384 g/mol. The minimum absolute atomic E-state index is 0.0374. The number of benzene rings is 2. The highest BCUT2D eigenvalue weighted by Crippen LogP contribution is 2.13. The van der Waals surface area contributed by atoms with Crippen LogP contribution in [0.5, 0.6) is 0 Å². The maximum Gasteiger partial charge on any atom is 0.242 e. The van der Waals surface area contributed by atoms with E-state index in [0.29, 0.717) is 32.4 Å². The van der Waals surface area contributed by atoms with E-state index in [1.807, 2.05) is 25.1 Å². The van der Waals surface area contributed by atoms with Crippen molar-refractivity contribution in [2.45, 2.75) is 71.8 Å². The van der Waals surface area contributed by atoms with Gasteiger partial charge in [0.15, 0.2) is 0 Å². The zero-order valence-corrected chi connectivity index (χ0v) is 19.4. The second-order valence-corrected chi connectivity index (χ2v) is 8.06. The standard InChI is InChI=1S/C27H38N2O2/c1-4-7-20-28-27(31)25(6-3)29(21-19-23-11-9-8-10-12-23)26(30)18-17-24-15-13-22(5-2)14-16-24/h8-16,25H,4-7,17-21H2,1-3H3,(H,28,31). The fraction of sp³-hybridized carbons (Fsp3) is 0.481. The van der Waals surface area contributed by atoms with Crippen LogP contribution in [0.2, 0.25) is 0 Å². The van der Waals surface area contributed by atoms with Gasteiger partial charge in [0.05, 0.1) is 0 Å². The zero-order valence-electron chi connectivity index (χ0n) is 19.4. The number of hydrogen-bond acceptors (Lipinski definition) is 2. The topological polar surface area (TPSA) is 49.4 Å². The maximum absolute atomic E-state index is 13.2. The highest BCUT2D eigenvalue weighted by Gasteiger charge is 2.27. The van der Waals surface area contributed by atoms with Crippen LogP contribution in [0.15, 0.2) is 54.6 Å². The molecule has 31 heavy (non-hydrogen) atoms. The van der Waals surface area contributed by atoms with Crippen molar-refractivity contribution in [3.63, 3.8) is 0 Å². The number of aryl methyl sites for hydroxylation is 2. The second kappa shape index (κ2) is 13.6. The van der Waals surface area contributed by atoms with Crippen LogP contribution < -0.4 is 5.32 Å². The lowest BCUT2D eigenvalue weighted by Gasteiger charge is -2.30. The Morgan fingerprint density at radius 3 is 2.13 bits per heavy atom. The third kappa shape index (κ3) is 8.20. The van der Waals surface area contributed by atoms with Crippen molar-refractivity contribution in [1.82, 2.24) is 10.2 Å². The molecule has 4 heteroatoms. The summed E-state index contributed by atoms with van der Waals surface area (Å²) >= 11 is 0. The van der Waals surface area contributed by atoms with Crippen LogP contribution >= 0.6 is 0 Å². The molecule has 0 heterocycles. The normalized spacial score (nSPS) is 11.7. The van der Waals surface area contributed by atoms with Gasteiger partial charge in [-0.3, -0.25) is 9.59 Å². The first-order valence-corrected chi connectivity index (χ1v) is 11.8. The molecule has 0 aliphatic rings. The van der Waals surface area contributed by atoms with Crippen LogP contribution in [0.25, 0.3) is 0 Å². The number of nitrogens with zero attached hydrogens (tertiary/aromatic N) is 1. The molecule has 0 spiro atoms. The van der Waals surface area contributed by atoms with Gasteiger partial charge in [0, 0.05) is 19.5 Å². The fourth-order valence-corrected chi connectivity index (χ4v) is 3.74. The Morgan fingerprint density at radius 1 is 0.871 bits per heavy atom. The highest BCUT2D eigenvalue weighted by atomic mass is 16.2. The SMILES string of the molecule is CCCCNC(=O)C(CC)N(CCc1ccccc1)C(=O)CCc1ccc(CC)cc1. The van der Waals surface area contributed by atoms with Gasteiger partial charge in [-0.2, -0.15) is 0 Å². The molecule has 0 radical (unpaired) electrons. The Morgan fingerprint density at radius 2 is 1.52 bits per heavy atom. The Labute approximate surface area is 188 Å². The third-order valence-electron chi connectivity index (χ3n) is 5.76. The summed E-state index contributed by atoms with van der Waals surface area (Å²) in [6.45, 7) is 7.44. The van der Waals surface area contributed by atoms with Crippen molar-refractivity contribution in [1.29, 1.82) is 0 Å². The fourth-order valence-electron chi connectivity index (χ4n) is 3.74. The van der Waals surface area contributed by atoms with E-state index >= 15 is 0 Å². The molecule has 2 aromatic carbocycles. The van der Waals surface area contributed by atoms with Gasteiger partial charge in [-0.25, -0.2) is 0 Å². The summed E-state index contributed by atoms with van der Waals surface area (Å²) in [7, 11) is 0. The average molecular weight is 423 g/mol. The molecule has 0 aliphatic heterocycles. The molecule has 0 aliphatic carbocycles. The van der Waals surface area contributed by atoms with Gasteiger partial charge in [-0.1, -0.05) is 81.8 Å². The minimum Gasteiger partial charge on any atom is -0.354 e. The molecule has 4 nitrogen and oxygen atoms in total. The predicted molar refractivity (Wildman–Crippen MR) is 128 cm³/mol. The monoisotopic (exact) mass is 422 g/mol. The molecule has 0 aromatic heterocycles. The maximum atomic E-state index is 13.2. The van der Waals surface area contributed by atoms with Crippen LogP contribution in [0.3, 0.4) is 0 Å². The molecule has 2 rings (SSSR count). The number of amides is 2. The van der Waals surface area contributed by atoms with E-state index in [9.17, 15) is 9.59 Å². The van der Waals surface area contributed by atoms with Crippen LogP contribution in [-0.2, 0) is 28.9 Å². The van der Waals surface area contributed by atoms with Crippen molar-refractivity contribution in [2.24, 2.45) is 0 Å². The number of carbonyl (C=O) groups is 2. The number of carbonyl (C=O) groups excluding carboxylic acids is 2. The molecule has 0 bridgehead atoms. The van der Waals surface area contributed by atoms with E-state index in [1.165, 1.54) is 11.1 Å². The molecular formula is C27H38N2O2. The molecule has 1 N–H and O–H groups in total. The van der Waals surface area contributed by atoms with Crippen molar-refractivity contribution in [3.8, 4) is 0 Å². The van der Waals surface area contributed by atoms with Gasteiger partial charge < -0.3 is 10.2 Å². The van der Waals surface area contributed by atoms with Gasteiger partial charge in [0.2, 0.25) is 11.8 Å². The van der Waals surface area contributed by atoms with Gasteiger partial charge in [0.1, 0.15) is 6.04 Å². The van der Waals surface area contributed by atoms with Gasteiger partial charge in [-0.05, 0) is 48.8 Å². The third-order valence-corrected chi connectivity index (χ3v) is 5.76. The highest BCUT2D eigenvalue weighted by molar-refractivity contribution is 5.87.